The smallest absolute Gasteiger partial charge is 0.134 e. The van der Waals surface area contributed by atoms with Crippen molar-refractivity contribution in [3.05, 3.63) is 52.3 Å². The lowest BCUT2D eigenvalue weighted by molar-refractivity contribution is 0.266. The molecule has 1 aromatic heterocycles. The number of aromatic nitrogens is 2. The molecule has 0 amide bonds. The molecule has 0 aliphatic rings. The van der Waals surface area contributed by atoms with Gasteiger partial charge in [0.25, 0.3) is 0 Å². The summed E-state index contributed by atoms with van der Waals surface area (Å²) in [6.45, 7) is 0.371. The number of hydrogen-bond acceptors (Lipinski definition) is 2. The first-order chi connectivity index (χ1) is 7.69. The third-order valence-corrected chi connectivity index (χ3v) is 2.68. The number of hydrogen-bond donors (Lipinski definition) is 1. The van der Waals surface area contributed by atoms with Crippen molar-refractivity contribution >= 4 is 15.9 Å². The van der Waals surface area contributed by atoms with E-state index in [-0.39, 0.29) is 12.4 Å². The van der Waals surface area contributed by atoms with Crippen molar-refractivity contribution in [2.45, 2.75) is 13.2 Å². The summed E-state index contributed by atoms with van der Waals surface area (Å²) in [7, 11) is 0. The fourth-order valence-electron chi connectivity index (χ4n) is 1.53. The predicted molar refractivity (Wildman–Crippen MR) is 61.4 cm³/mol. The van der Waals surface area contributed by atoms with Gasteiger partial charge in [0.1, 0.15) is 18.2 Å². The van der Waals surface area contributed by atoms with Gasteiger partial charge >= 0.3 is 0 Å². The van der Waals surface area contributed by atoms with Gasteiger partial charge in [-0.1, -0.05) is 15.9 Å². The minimum Gasteiger partial charge on any atom is -0.388 e. The summed E-state index contributed by atoms with van der Waals surface area (Å²) in [4.78, 5) is 3.98. The predicted octanol–water partition coefficient (Wildman–Crippen LogP) is 2.33. The quantitative estimate of drug-likeness (QED) is 0.940. The average Bonchev–Trinajstić information content (AvgIpc) is 2.63. The first-order valence-corrected chi connectivity index (χ1v) is 5.54. The van der Waals surface area contributed by atoms with Crippen molar-refractivity contribution in [1.29, 1.82) is 0 Å². The number of imidazole rings is 1. The number of aliphatic hydroxyl groups excluding tert-OH is 1. The largest absolute Gasteiger partial charge is 0.388 e. The molecule has 1 N–H and O–H groups in total. The fourth-order valence-corrected chi connectivity index (χ4v) is 2.05. The Morgan fingerprint density at radius 1 is 1.38 bits per heavy atom. The minimum absolute atomic E-state index is 0.122. The van der Waals surface area contributed by atoms with Gasteiger partial charge in [0, 0.05) is 23.4 Å². The second-order valence-corrected chi connectivity index (χ2v) is 4.32. The van der Waals surface area contributed by atoms with E-state index in [0.717, 1.165) is 5.56 Å². The van der Waals surface area contributed by atoms with Gasteiger partial charge < -0.3 is 9.67 Å². The van der Waals surface area contributed by atoms with Crippen LogP contribution in [0.25, 0.3) is 0 Å². The molecule has 1 heterocycles. The van der Waals surface area contributed by atoms with Gasteiger partial charge in [-0.15, -0.1) is 0 Å². The first kappa shape index (κ1) is 11.3. The van der Waals surface area contributed by atoms with Gasteiger partial charge in [-0.25, -0.2) is 9.37 Å². The zero-order valence-corrected chi connectivity index (χ0v) is 9.98. The highest BCUT2D eigenvalue weighted by Crippen LogP contribution is 2.16. The van der Waals surface area contributed by atoms with Crippen LogP contribution < -0.4 is 0 Å². The standard InChI is InChI=1S/C11H10BrFN2O/c12-9-3-8(4-10(13)5-9)6-15-2-1-14-11(15)7-16/h1-5,16H,6-7H2. The van der Waals surface area contributed by atoms with Crippen molar-refractivity contribution in [3.8, 4) is 0 Å². The van der Waals surface area contributed by atoms with E-state index in [4.69, 9.17) is 5.11 Å². The molecule has 0 atom stereocenters. The Morgan fingerprint density at radius 3 is 2.88 bits per heavy atom. The zero-order chi connectivity index (χ0) is 11.5. The Morgan fingerprint density at radius 2 is 2.19 bits per heavy atom. The zero-order valence-electron chi connectivity index (χ0n) is 8.40. The van der Waals surface area contributed by atoms with Crippen LogP contribution in [0.2, 0.25) is 0 Å². The van der Waals surface area contributed by atoms with E-state index < -0.39 is 0 Å². The van der Waals surface area contributed by atoms with Gasteiger partial charge in [-0.2, -0.15) is 0 Å². The molecule has 0 saturated heterocycles. The van der Waals surface area contributed by atoms with Crippen LogP contribution in [-0.2, 0) is 13.2 Å². The maximum Gasteiger partial charge on any atom is 0.134 e. The summed E-state index contributed by atoms with van der Waals surface area (Å²) >= 11 is 3.24. The lowest BCUT2D eigenvalue weighted by atomic mass is 10.2. The van der Waals surface area contributed by atoms with Gasteiger partial charge in [0.05, 0.1) is 0 Å². The first-order valence-electron chi connectivity index (χ1n) is 4.75. The Kier molecular flexibility index (Phi) is 3.36. The second kappa shape index (κ2) is 4.76. The molecular weight excluding hydrogens is 275 g/mol. The molecule has 5 heteroatoms. The van der Waals surface area contributed by atoms with Crippen LogP contribution in [0.4, 0.5) is 4.39 Å². The molecule has 0 aliphatic carbocycles. The second-order valence-electron chi connectivity index (χ2n) is 3.41. The molecule has 16 heavy (non-hydrogen) atoms. The third kappa shape index (κ3) is 2.48. The van der Waals surface area contributed by atoms with E-state index in [9.17, 15) is 4.39 Å². The van der Waals surface area contributed by atoms with E-state index in [1.54, 1.807) is 17.0 Å². The van der Waals surface area contributed by atoms with E-state index in [2.05, 4.69) is 20.9 Å². The Bertz CT molecular complexity index is 478. The van der Waals surface area contributed by atoms with Crippen LogP contribution in [0.1, 0.15) is 11.4 Å². The van der Waals surface area contributed by atoms with Gasteiger partial charge in [-0.05, 0) is 23.8 Å². The average molecular weight is 285 g/mol. The number of benzene rings is 1. The molecule has 3 nitrogen and oxygen atoms in total. The van der Waals surface area contributed by atoms with Crippen LogP contribution in [0.3, 0.4) is 0 Å². The summed E-state index contributed by atoms with van der Waals surface area (Å²) in [5, 5.41) is 9.03. The summed E-state index contributed by atoms with van der Waals surface area (Å²) < 4.78 is 15.6. The molecule has 0 aliphatic heterocycles. The maximum atomic E-state index is 13.1. The van der Waals surface area contributed by atoms with Crippen LogP contribution >= 0.6 is 15.9 Å². The van der Waals surface area contributed by atoms with Crippen LogP contribution in [0, 0.1) is 5.82 Å². The molecule has 0 bridgehead atoms. The van der Waals surface area contributed by atoms with Crippen molar-refractivity contribution in [1.82, 2.24) is 9.55 Å². The van der Waals surface area contributed by atoms with Crippen molar-refractivity contribution in [2.24, 2.45) is 0 Å². The lowest BCUT2D eigenvalue weighted by Gasteiger charge is -2.06. The highest BCUT2D eigenvalue weighted by Gasteiger charge is 2.04. The Balaban J connectivity index is 2.26. The van der Waals surface area contributed by atoms with Gasteiger partial charge in [0.15, 0.2) is 0 Å². The molecule has 2 aromatic rings. The van der Waals surface area contributed by atoms with Crippen LogP contribution in [0.15, 0.2) is 35.1 Å². The number of nitrogens with zero attached hydrogens (tertiary/aromatic N) is 2. The lowest BCUT2D eigenvalue weighted by Crippen LogP contribution is -2.04. The van der Waals surface area contributed by atoms with Crippen molar-refractivity contribution in [3.63, 3.8) is 0 Å². The Labute approximate surface area is 101 Å². The van der Waals surface area contributed by atoms with E-state index >= 15 is 0 Å². The van der Waals surface area contributed by atoms with Crippen LogP contribution in [-0.4, -0.2) is 14.7 Å². The van der Waals surface area contributed by atoms with Crippen LogP contribution in [0.5, 0.6) is 0 Å². The molecule has 0 saturated carbocycles. The van der Waals surface area contributed by atoms with E-state index in [0.29, 0.717) is 16.8 Å². The minimum atomic E-state index is -0.282. The fraction of sp³-hybridized carbons (Fsp3) is 0.182. The Hall–Kier alpha value is -1.20. The van der Waals surface area contributed by atoms with Gasteiger partial charge in [-0.3, -0.25) is 0 Å². The summed E-state index contributed by atoms with van der Waals surface area (Å²) in [6.07, 6.45) is 3.37. The molecule has 0 unspecified atom stereocenters. The van der Waals surface area contributed by atoms with Gasteiger partial charge in [0.2, 0.25) is 0 Å². The number of rotatable bonds is 3. The highest BCUT2D eigenvalue weighted by atomic mass is 79.9. The molecule has 0 spiro atoms. The molecule has 1 aromatic carbocycles. The molecule has 84 valence electrons. The summed E-state index contributed by atoms with van der Waals surface area (Å²) in [5.74, 6) is 0.287. The maximum absolute atomic E-state index is 13.1. The molecule has 0 radical (unpaired) electrons. The summed E-state index contributed by atoms with van der Waals surface area (Å²) in [5.41, 5.74) is 0.819. The summed E-state index contributed by atoms with van der Waals surface area (Å²) in [6, 6.07) is 4.71. The van der Waals surface area contributed by atoms with E-state index in [1.165, 1.54) is 12.1 Å². The SMILES string of the molecule is OCc1nccn1Cc1cc(F)cc(Br)c1. The molecule has 0 fully saturated rings. The molecular formula is C11H10BrFN2O. The number of halogens is 2. The van der Waals surface area contributed by atoms with Crippen molar-refractivity contribution < 1.29 is 9.50 Å². The highest BCUT2D eigenvalue weighted by molar-refractivity contribution is 9.10. The normalized spacial score (nSPS) is 10.7. The van der Waals surface area contributed by atoms with E-state index in [1.807, 2.05) is 6.07 Å². The van der Waals surface area contributed by atoms with Crippen molar-refractivity contribution in [2.75, 3.05) is 0 Å². The third-order valence-electron chi connectivity index (χ3n) is 2.22. The monoisotopic (exact) mass is 284 g/mol. The topological polar surface area (TPSA) is 38.1 Å². The molecule has 2 rings (SSSR count). The number of aliphatic hydroxyl groups is 1.